The Balaban J connectivity index is 1.66. The van der Waals surface area contributed by atoms with Gasteiger partial charge < -0.3 is 28.4 Å². The predicted molar refractivity (Wildman–Crippen MR) is 120 cm³/mol. The summed E-state index contributed by atoms with van der Waals surface area (Å²) in [5.74, 6) is -1.47. The summed E-state index contributed by atoms with van der Waals surface area (Å²) in [6.07, 6.45) is 0.773. The van der Waals surface area contributed by atoms with Crippen molar-refractivity contribution in [1.29, 1.82) is 0 Å². The number of ether oxygens (including phenoxy) is 6. The molecule has 2 bridgehead atoms. The number of benzene rings is 2. The van der Waals surface area contributed by atoms with Crippen molar-refractivity contribution in [3.8, 4) is 11.5 Å². The maximum absolute atomic E-state index is 13.5. The van der Waals surface area contributed by atoms with Crippen LogP contribution in [0, 0.1) is 22.7 Å². The van der Waals surface area contributed by atoms with Crippen molar-refractivity contribution in [2.75, 3.05) is 42.7 Å². The molecule has 0 N–H and O–H groups in total. The summed E-state index contributed by atoms with van der Waals surface area (Å²) >= 11 is 0. The average Bonchev–Trinajstić information content (AvgIpc) is 3.10. The van der Waals surface area contributed by atoms with Crippen molar-refractivity contribution in [2.24, 2.45) is 22.7 Å². The van der Waals surface area contributed by atoms with E-state index in [2.05, 4.69) is 0 Å². The van der Waals surface area contributed by atoms with Gasteiger partial charge in [0.15, 0.2) is 0 Å². The Labute approximate surface area is 197 Å². The van der Waals surface area contributed by atoms with Crippen molar-refractivity contribution >= 4 is 22.7 Å². The molecule has 8 heteroatoms. The molecule has 3 fully saturated rings. The van der Waals surface area contributed by atoms with Gasteiger partial charge in [0.2, 0.25) is 5.79 Å². The van der Waals surface area contributed by atoms with Crippen LogP contribution in [0.5, 0.6) is 11.5 Å². The maximum atomic E-state index is 13.5. The molecule has 0 radical (unpaired) electrons. The second-order valence-corrected chi connectivity index (χ2v) is 9.56. The third-order valence-corrected chi connectivity index (χ3v) is 9.29. The summed E-state index contributed by atoms with van der Waals surface area (Å²) in [6.45, 7) is 0. The minimum absolute atomic E-state index is 0.0532. The van der Waals surface area contributed by atoms with Crippen LogP contribution in [0.2, 0.25) is 0 Å². The van der Waals surface area contributed by atoms with E-state index in [-0.39, 0.29) is 23.7 Å². The molecular formula is C26H28O8. The molecular weight excluding hydrogens is 440 g/mol. The van der Waals surface area contributed by atoms with Crippen molar-refractivity contribution in [1.82, 2.24) is 0 Å². The number of carbonyl (C=O) groups is 2. The Morgan fingerprint density at radius 3 is 1.47 bits per heavy atom. The highest BCUT2D eigenvalue weighted by atomic mass is 16.7. The van der Waals surface area contributed by atoms with Crippen molar-refractivity contribution < 1.29 is 38.0 Å². The lowest BCUT2D eigenvalue weighted by atomic mass is 9.51. The Hall–Kier alpha value is -2.84. The van der Waals surface area contributed by atoms with Crippen molar-refractivity contribution in [3.63, 3.8) is 0 Å². The molecule has 6 rings (SSSR count). The average molecular weight is 469 g/mol. The van der Waals surface area contributed by atoms with Crippen LogP contribution in [0.1, 0.15) is 29.4 Å². The standard InChI is InChI=1S/C26H28O8/c1-29-20-12-9-7-8-10-13(12)21(30-2)17-15-11-14(16(17)20)18-19(15)25(23(28)32-4)24(18,22(27)31-3)26(25,33-5)34-6/h7-10,14-15,18-19H,11H2,1-6H3/t14-,15+,18?,19?,24-,25+. The van der Waals surface area contributed by atoms with E-state index in [1.54, 1.807) is 14.2 Å². The summed E-state index contributed by atoms with van der Waals surface area (Å²) in [7, 11) is 8.94. The summed E-state index contributed by atoms with van der Waals surface area (Å²) in [5, 5.41) is 1.91. The molecule has 4 aliphatic carbocycles. The van der Waals surface area contributed by atoms with Crippen LogP contribution in [-0.4, -0.2) is 60.4 Å². The van der Waals surface area contributed by atoms with Gasteiger partial charge in [0.25, 0.3) is 0 Å². The van der Waals surface area contributed by atoms with Crippen LogP contribution < -0.4 is 9.47 Å². The van der Waals surface area contributed by atoms with Gasteiger partial charge in [-0.2, -0.15) is 0 Å². The lowest BCUT2D eigenvalue weighted by Gasteiger charge is -2.49. The van der Waals surface area contributed by atoms with Crippen molar-refractivity contribution in [3.05, 3.63) is 35.4 Å². The molecule has 0 spiro atoms. The van der Waals surface area contributed by atoms with E-state index >= 15 is 0 Å². The smallest absolute Gasteiger partial charge is 0.319 e. The van der Waals surface area contributed by atoms with Crippen LogP contribution in [0.15, 0.2) is 24.3 Å². The summed E-state index contributed by atoms with van der Waals surface area (Å²) in [5.41, 5.74) is -0.508. The first kappa shape index (κ1) is 21.7. The highest BCUT2D eigenvalue weighted by Gasteiger charge is 3.11. The highest BCUT2D eigenvalue weighted by Crippen LogP contribution is 2.97. The van der Waals surface area contributed by atoms with Gasteiger partial charge >= 0.3 is 11.9 Å². The van der Waals surface area contributed by atoms with E-state index in [0.29, 0.717) is 0 Å². The van der Waals surface area contributed by atoms with E-state index in [0.717, 1.165) is 39.8 Å². The molecule has 8 nitrogen and oxygen atoms in total. The van der Waals surface area contributed by atoms with Gasteiger partial charge in [0, 0.05) is 36.1 Å². The highest BCUT2D eigenvalue weighted by molar-refractivity contribution is 6.04. The molecule has 4 aliphatic rings. The summed E-state index contributed by atoms with van der Waals surface area (Å²) in [6, 6.07) is 7.97. The maximum Gasteiger partial charge on any atom is 0.319 e. The topological polar surface area (TPSA) is 89.5 Å². The first-order valence-corrected chi connectivity index (χ1v) is 11.4. The summed E-state index contributed by atoms with van der Waals surface area (Å²) < 4.78 is 34.3. The fourth-order valence-electron chi connectivity index (χ4n) is 8.73. The minimum atomic E-state index is -1.46. The number of esters is 2. The number of hydrogen-bond donors (Lipinski definition) is 0. The lowest BCUT2D eigenvalue weighted by molar-refractivity contribution is -0.185. The van der Waals surface area contributed by atoms with E-state index in [9.17, 15) is 9.59 Å². The van der Waals surface area contributed by atoms with Gasteiger partial charge in [-0.05, 0) is 30.1 Å². The molecule has 3 saturated carbocycles. The number of methoxy groups -OCH3 is 6. The number of rotatable bonds is 6. The van der Waals surface area contributed by atoms with Gasteiger partial charge in [0.05, 0.1) is 28.4 Å². The minimum Gasteiger partial charge on any atom is -0.496 e. The van der Waals surface area contributed by atoms with Gasteiger partial charge in [-0.15, -0.1) is 0 Å². The second-order valence-electron chi connectivity index (χ2n) is 9.56. The van der Waals surface area contributed by atoms with Gasteiger partial charge in [-0.1, -0.05) is 24.3 Å². The third-order valence-electron chi connectivity index (χ3n) is 9.29. The fraction of sp³-hybridized carbons (Fsp3) is 0.538. The molecule has 0 aromatic heterocycles. The lowest BCUT2D eigenvalue weighted by Crippen LogP contribution is -2.56. The first-order valence-electron chi connectivity index (χ1n) is 11.4. The van der Waals surface area contributed by atoms with Gasteiger partial charge in [0.1, 0.15) is 22.3 Å². The Morgan fingerprint density at radius 1 is 0.735 bits per heavy atom. The van der Waals surface area contributed by atoms with E-state index in [1.807, 2.05) is 24.3 Å². The zero-order valence-electron chi connectivity index (χ0n) is 20.1. The molecule has 2 aromatic carbocycles. The predicted octanol–water partition coefficient (Wildman–Crippen LogP) is 3.01. The zero-order chi connectivity index (χ0) is 24.2. The van der Waals surface area contributed by atoms with Crippen molar-refractivity contribution in [2.45, 2.75) is 24.0 Å². The molecule has 6 atom stereocenters. The molecule has 180 valence electrons. The Bertz CT molecular complexity index is 1160. The SMILES string of the molecule is COC(=O)[C@@]12C3C([C@@H]4C[C@H]3c3c4c(OC)c4ccccc4c3OC)[C@]1(C(=O)OC)C2(OC)OC. The Morgan fingerprint density at radius 2 is 1.15 bits per heavy atom. The van der Waals surface area contributed by atoms with Crippen LogP contribution in [0.25, 0.3) is 10.8 Å². The molecule has 0 saturated heterocycles. The second kappa shape index (κ2) is 6.64. The molecule has 0 aliphatic heterocycles. The van der Waals surface area contributed by atoms with Crippen LogP contribution in [0.4, 0.5) is 0 Å². The van der Waals surface area contributed by atoms with E-state index < -0.39 is 28.6 Å². The van der Waals surface area contributed by atoms with Gasteiger partial charge in [-0.3, -0.25) is 9.59 Å². The number of carbonyl (C=O) groups excluding carboxylic acids is 2. The van der Waals surface area contributed by atoms with Crippen LogP contribution in [-0.2, 0) is 28.5 Å². The van der Waals surface area contributed by atoms with Crippen LogP contribution in [0.3, 0.4) is 0 Å². The summed E-state index contributed by atoms with van der Waals surface area (Å²) in [4.78, 5) is 27.0. The monoisotopic (exact) mass is 468 g/mol. The Kier molecular flexibility index (Phi) is 4.23. The molecule has 0 amide bonds. The largest absolute Gasteiger partial charge is 0.496 e. The zero-order valence-corrected chi connectivity index (χ0v) is 20.1. The fourth-order valence-corrected chi connectivity index (χ4v) is 8.73. The molecule has 34 heavy (non-hydrogen) atoms. The number of fused-ring (bicyclic) bond motifs is 12. The van der Waals surface area contributed by atoms with E-state index in [4.69, 9.17) is 28.4 Å². The molecule has 2 aromatic rings. The normalized spacial score (nSPS) is 35.0. The molecule has 0 heterocycles. The number of hydrogen-bond acceptors (Lipinski definition) is 8. The third kappa shape index (κ3) is 1.74. The van der Waals surface area contributed by atoms with E-state index in [1.165, 1.54) is 28.4 Å². The quantitative estimate of drug-likeness (QED) is 0.363. The van der Waals surface area contributed by atoms with Crippen LogP contribution >= 0.6 is 0 Å². The molecule has 2 unspecified atom stereocenters. The van der Waals surface area contributed by atoms with Gasteiger partial charge in [-0.25, -0.2) is 0 Å². The first-order chi connectivity index (χ1) is 16.4.